The molecule has 0 heterocycles. The number of aryl methyl sites for hydroxylation is 1. The van der Waals surface area contributed by atoms with Gasteiger partial charge in [-0.2, -0.15) is 5.26 Å². The molecule has 1 rings (SSSR count). The molecule has 0 fully saturated rings. The molecule has 78 valence electrons. The van der Waals surface area contributed by atoms with Crippen molar-refractivity contribution < 1.29 is 9.18 Å². The predicted molar refractivity (Wildman–Crippen MR) is 54.9 cm³/mol. The van der Waals surface area contributed by atoms with E-state index in [1.54, 1.807) is 19.9 Å². The summed E-state index contributed by atoms with van der Waals surface area (Å²) in [5.41, 5.74) is 0.767. The van der Waals surface area contributed by atoms with Gasteiger partial charge in [0.1, 0.15) is 11.7 Å². The average Bonchev–Trinajstić information content (AvgIpc) is 2.19. The van der Waals surface area contributed by atoms with E-state index in [9.17, 15) is 9.18 Å². The van der Waals surface area contributed by atoms with Gasteiger partial charge in [0.05, 0.1) is 11.6 Å². The van der Waals surface area contributed by atoms with Gasteiger partial charge in [-0.05, 0) is 31.0 Å². The van der Waals surface area contributed by atoms with E-state index in [-0.39, 0.29) is 5.56 Å². The topological polar surface area (TPSA) is 40.9 Å². The van der Waals surface area contributed by atoms with Crippen LogP contribution in [0.4, 0.5) is 4.39 Å². The highest BCUT2D eigenvalue weighted by atomic mass is 19.1. The zero-order chi connectivity index (χ0) is 11.4. The second-order valence-corrected chi connectivity index (χ2v) is 3.44. The molecule has 0 amide bonds. The molecule has 1 unspecified atom stereocenters. The smallest absolute Gasteiger partial charge is 0.182 e. The van der Waals surface area contributed by atoms with Crippen molar-refractivity contribution in [2.75, 3.05) is 0 Å². The van der Waals surface area contributed by atoms with E-state index in [0.717, 1.165) is 5.56 Å². The quantitative estimate of drug-likeness (QED) is 0.712. The number of carbonyl (C=O) groups excluding carboxylic acids is 1. The van der Waals surface area contributed by atoms with Gasteiger partial charge in [0.2, 0.25) is 0 Å². The first-order chi connectivity index (χ1) is 7.10. The van der Waals surface area contributed by atoms with Gasteiger partial charge < -0.3 is 0 Å². The van der Waals surface area contributed by atoms with E-state index in [0.29, 0.717) is 6.42 Å². The van der Waals surface area contributed by atoms with Gasteiger partial charge in [0.25, 0.3) is 0 Å². The van der Waals surface area contributed by atoms with Crippen molar-refractivity contribution in [2.45, 2.75) is 20.3 Å². The minimum atomic E-state index is -0.748. The van der Waals surface area contributed by atoms with Crippen LogP contribution in [0.15, 0.2) is 18.2 Å². The number of carbonyl (C=O) groups is 1. The molecular weight excluding hydrogens is 193 g/mol. The summed E-state index contributed by atoms with van der Waals surface area (Å²) in [5.74, 6) is -1.73. The molecule has 0 aliphatic carbocycles. The maximum absolute atomic E-state index is 13.4. The van der Waals surface area contributed by atoms with E-state index in [1.807, 2.05) is 6.07 Å². The van der Waals surface area contributed by atoms with Crippen LogP contribution in [0.2, 0.25) is 0 Å². The molecule has 2 nitrogen and oxygen atoms in total. The van der Waals surface area contributed by atoms with Crippen molar-refractivity contribution >= 4 is 5.78 Å². The standard InChI is InChI=1S/C12H12FNO/c1-3-9(7-14)12(15)10-5-4-8(2)6-11(10)13/h4-6,9H,3H2,1-2H3. The number of hydrogen-bond acceptors (Lipinski definition) is 2. The van der Waals surface area contributed by atoms with Gasteiger partial charge in [0, 0.05) is 0 Å². The van der Waals surface area contributed by atoms with Crippen molar-refractivity contribution in [3.63, 3.8) is 0 Å². The third-order valence-corrected chi connectivity index (χ3v) is 2.27. The first kappa shape index (κ1) is 11.4. The van der Waals surface area contributed by atoms with Crippen molar-refractivity contribution in [3.8, 4) is 6.07 Å². The number of rotatable bonds is 3. The summed E-state index contributed by atoms with van der Waals surface area (Å²) >= 11 is 0. The van der Waals surface area contributed by atoms with Gasteiger partial charge >= 0.3 is 0 Å². The summed E-state index contributed by atoms with van der Waals surface area (Å²) < 4.78 is 13.4. The van der Waals surface area contributed by atoms with Crippen LogP contribution in [0, 0.1) is 30.0 Å². The summed E-state index contributed by atoms with van der Waals surface area (Å²) in [7, 11) is 0. The lowest BCUT2D eigenvalue weighted by Gasteiger charge is -2.06. The molecule has 0 saturated carbocycles. The molecule has 15 heavy (non-hydrogen) atoms. The molecule has 0 saturated heterocycles. The fourth-order valence-electron chi connectivity index (χ4n) is 1.34. The second-order valence-electron chi connectivity index (χ2n) is 3.44. The van der Waals surface area contributed by atoms with Crippen molar-refractivity contribution in [1.82, 2.24) is 0 Å². The average molecular weight is 205 g/mol. The van der Waals surface area contributed by atoms with E-state index < -0.39 is 17.5 Å². The Bertz CT molecular complexity index is 420. The summed E-state index contributed by atoms with van der Waals surface area (Å²) in [4.78, 5) is 11.7. The minimum absolute atomic E-state index is 0.00833. The van der Waals surface area contributed by atoms with Gasteiger partial charge in [-0.25, -0.2) is 4.39 Å². The Morgan fingerprint density at radius 2 is 2.27 bits per heavy atom. The number of benzene rings is 1. The van der Waals surface area contributed by atoms with Crippen LogP contribution >= 0.6 is 0 Å². The first-order valence-corrected chi connectivity index (χ1v) is 4.80. The lowest BCUT2D eigenvalue weighted by molar-refractivity contribution is 0.0942. The molecule has 1 aromatic carbocycles. The number of hydrogen-bond donors (Lipinski definition) is 0. The van der Waals surface area contributed by atoms with Gasteiger partial charge in [0.15, 0.2) is 5.78 Å². The highest BCUT2D eigenvalue weighted by Crippen LogP contribution is 2.16. The molecule has 1 atom stereocenters. The SMILES string of the molecule is CCC(C#N)C(=O)c1ccc(C)cc1F. The largest absolute Gasteiger partial charge is 0.293 e. The molecular formula is C12H12FNO. The molecule has 0 N–H and O–H groups in total. The first-order valence-electron chi connectivity index (χ1n) is 4.80. The molecule has 0 spiro atoms. The molecule has 0 aliphatic heterocycles. The third-order valence-electron chi connectivity index (χ3n) is 2.27. The van der Waals surface area contributed by atoms with Gasteiger partial charge in [-0.15, -0.1) is 0 Å². The molecule has 0 bridgehead atoms. The fraction of sp³-hybridized carbons (Fsp3) is 0.333. The molecule has 3 heteroatoms. The fourth-order valence-corrected chi connectivity index (χ4v) is 1.34. The maximum atomic E-state index is 13.4. The number of Topliss-reactive ketones (excluding diaryl/α,β-unsaturated/α-hetero) is 1. The highest BCUT2D eigenvalue weighted by Gasteiger charge is 2.20. The molecule has 1 aromatic rings. The second kappa shape index (κ2) is 4.70. The summed E-state index contributed by atoms with van der Waals surface area (Å²) in [6.45, 7) is 3.48. The Labute approximate surface area is 88.3 Å². The highest BCUT2D eigenvalue weighted by molar-refractivity contribution is 5.99. The van der Waals surface area contributed by atoms with E-state index in [4.69, 9.17) is 5.26 Å². The zero-order valence-electron chi connectivity index (χ0n) is 8.75. The normalized spacial score (nSPS) is 11.9. The Balaban J connectivity index is 3.07. The van der Waals surface area contributed by atoms with Crippen molar-refractivity contribution in [2.24, 2.45) is 5.92 Å². The lowest BCUT2D eigenvalue weighted by atomic mass is 9.96. The minimum Gasteiger partial charge on any atom is -0.293 e. The van der Waals surface area contributed by atoms with E-state index in [2.05, 4.69) is 0 Å². The number of nitrogens with zero attached hydrogens (tertiary/aromatic N) is 1. The summed E-state index contributed by atoms with van der Waals surface area (Å²) in [6.07, 6.45) is 0.405. The Morgan fingerprint density at radius 3 is 2.73 bits per heavy atom. The van der Waals surface area contributed by atoms with Gasteiger partial charge in [-0.3, -0.25) is 4.79 Å². The monoisotopic (exact) mass is 205 g/mol. The van der Waals surface area contributed by atoms with E-state index >= 15 is 0 Å². The Morgan fingerprint density at radius 1 is 1.60 bits per heavy atom. The van der Waals surface area contributed by atoms with E-state index in [1.165, 1.54) is 12.1 Å². The zero-order valence-corrected chi connectivity index (χ0v) is 8.75. The summed E-state index contributed by atoms with van der Waals surface area (Å²) in [5, 5.41) is 8.71. The lowest BCUT2D eigenvalue weighted by Crippen LogP contribution is -2.13. The van der Waals surface area contributed by atoms with Crippen LogP contribution in [-0.4, -0.2) is 5.78 Å². The van der Waals surface area contributed by atoms with Crippen LogP contribution in [-0.2, 0) is 0 Å². The number of ketones is 1. The van der Waals surface area contributed by atoms with Crippen LogP contribution < -0.4 is 0 Å². The van der Waals surface area contributed by atoms with Crippen LogP contribution in [0.1, 0.15) is 29.3 Å². The number of nitriles is 1. The summed E-state index contributed by atoms with van der Waals surface area (Å²) in [6, 6.07) is 6.28. The van der Waals surface area contributed by atoms with Gasteiger partial charge in [-0.1, -0.05) is 13.0 Å². The maximum Gasteiger partial charge on any atom is 0.182 e. The van der Waals surface area contributed by atoms with Crippen LogP contribution in [0.3, 0.4) is 0 Å². The van der Waals surface area contributed by atoms with Crippen molar-refractivity contribution in [1.29, 1.82) is 5.26 Å². The number of halogens is 1. The Kier molecular flexibility index (Phi) is 3.56. The van der Waals surface area contributed by atoms with Crippen LogP contribution in [0.25, 0.3) is 0 Å². The molecule has 0 aromatic heterocycles. The van der Waals surface area contributed by atoms with Crippen molar-refractivity contribution in [3.05, 3.63) is 35.1 Å². The molecule has 0 radical (unpaired) electrons. The molecule has 0 aliphatic rings. The Hall–Kier alpha value is -1.69. The predicted octanol–water partition coefficient (Wildman–Crippen LogP) is 2.87. The third kappa shape index (κ3) is 2.41. The van der Waals surface area contributed by atoms with Crippen LogP contribution in [0.5, 0.6) is 0 Å².